The summed E-state index contributed by atoms with van der Waals surface area (Å²) < 4.78 is 2.83. The molecule has 1 aromatic rings. The summed E-state index contributed by atoms with van der Waals surface area (Å²) in [7, 11) is 1.94. The Morgan fingerprint density at radius 3 is 2.69 bits per heavy atom. The smallest absolute Gasteiger partial charge is 0.303 e. The van der Waals surface area contributed by atoms with E-state index in [2.05, 4.69) is 34.8 Å². The van der Waals surface area contributed by atoms with Crippen LogP contribution in [0.15, 0.2) is 4.60 Å². The standard InChI is InChI=1S/C11H17BrN2O2/c1-7(2)6-8-11(12)13-9(14(8)3)4-5-10(15)16/h7H,4-6H2,1-3H3,(H,15,16). The molecule has 16 heavy (non-hydrogen) atoms. The third-order valence-corrected chi connectivity index (χ3v) is 3.06. The predicted octanol–water partition coefficient (Wildman–Crippen LogP) is 2.40. The van der Waals surface area contributed by atoms with E-state index in [0.29, 0.717) is 12.3 Å². The number of carbonyl (C=O) groups is 1. The molecule has 4 nitrogen and oxygen atoms in total. The lowest BCUT2D eigenvalue weighted by Gasteiger charge is -2.07. The maximum Gasteiger partial charge on any atom is 0.303 e. The summed E-state index contributed by atoms with van der Waals surface area (Å²) in [6.07, 6.45) is 1.54. The van der Waals surface area contributed by atoms with Crippen molar-refractivity contribution in [1.29, 1.82) is 0 Å². The van der Waals surface area contributed by atoms with Crippen molar-refractivity contribution >= 4 is 21.9 Å². The molecule has 0 spiro atoms. The Bertz CT molecular complexity index is 386. The molecule has 0 bridgehead atoms. The zero-order valence-electron chi connectivity index (χ0n) is 9.83. The van der Waals surface area contributed by atoms with Crippen LogP contribution < -0.4 is 0 Å². The van der Waals surface area contributed by atoms with Gasteiger partial charge in [0.1, 0.15) is 10.4 Å². The molecule has 5 heteroatoms. The molecular weight excluding hydrogens is 272 g/mol. The van der Waals surface area contributed by atoms with Crippen molar-refractivity contribution in [3.05, 3.63) is 16.1 Å². The van der Waals surface area contributed by atoms with Gasteiger partial charge in [0, 0.05) is 13.5 Å². The number of rotatable bonds is 5. The largest absolute Gasteiger partial charge is 0.481 e. The number of aliphatic carboxylic acids is 1. The Balaban J connectivity index is 2.84. The zero-order chi connectivity index (χ0) is 12.3. The number of imidazole rings is 1. The van der Waals surface area contributed by atoms with Crippen LogP contribution in [0, 0.1) is 5.92 Å². The van der Waals surface area contributed by atoms with E-state index >= 15 is 0 Å². The first-order chi connectivity index (χ1) is 7.41. The lowest BCUT2D eigenvalue weighted by Crippen LogP contribution is -2.07. The second kappa shape index (κ2) is 5.48. The fraction of sp³-hybridized carbons (Fsp3) is 0.636. The first-order valence-electron chi connectivity index (χ1n) is 5.33. The van der Waals surface area contributed by atoms with Crippen LogP contribution in [0.3, 0.4) is 0 Å². The molecule has 0 aliphatic heterocycles. The molecule has 90 valence electrons. The van der Waals surface area contributed by atoms with Crippen LogP contribution in [0.4, 0.5) is 0 Å². The first kappa shape index (κ1) is 13.2. The lowest BCUT2D eigenvalue weighted by molar-refractivity contribution is -0.137. The predicted molar refractivity (Wildman–Crippen MR) is 65.4 cm³/mol. The van der Waals surface area contributed by atoms with Crippen LogP contribution >= 0.6 is 15.9 Å². The topological polar surface area (TPSA) is 55.1 Å². The van der Waals surface area contributed by atoms with Crippen molar-refractivity contribution in [2.45, 2.75) is 33.1 Å². The van der Waals surface area contributed by atoms with Crippen LogP contribution in [-0.2, 0) is 24.7 Å². The van der Waals surface area contributed by atoms with Crippen molar-refractivity contribution in [1.82, 2.24) is 9.55 Å². The van der Waals surface area contributed by atoms with Gasteiger partial charge in [0.25, 0.3) is 0 Å². The Morgan fingerprint density at radius 1 is 1.56 bits per heavy atom. The second-order valence-corrected chi connectivity index (χ2v) is 5.07. The van der Waals surface area contributed by atoms with Gasteiger partial charge < -0.3 is 9.67 Å². The highest BCUT2D eigenvalue weighted by Gasteiger charge is 2.14. The number of aryl methyl sites for hydroxylation is 1. The molecule has 0 aliphatic carbocycles. The van der Waals surface area contributed by atoms with Gasteiger partial charge in [-0.3, -0.25) is 4.79 Å². The third kappa shape index (κ3) is 3.33. The van der Waals surface area contributed by atoms with Crippen LogP contribution in [0.2, 0.25) is 0 Å². The van der Waals surface area contributed by atoms with Crippen LogP contribution in [0.25, 0.3) is 0 Å². The fourth-order valence-electron chi connectivity index (χ4n) is 1.60. The summed E-state index contributed by atoms with van der Waals surface area (Å²) >= 11 is 3.42. The Labute approximate surface area is 104 Å². The number of nitrogens with zero attached hydrogens (tertiary/aromatic N) is 2. The number of carboxylic acid groups (broad SMARTS) is 1. The molecule has 0 aromatic carbocycles. The molecule has 1 rings (SSSR count). The van der Waals surface area contributed by atoms with E-state index in [4.69, 9.17) is 5.11 Å². The van der Waals surface area contributed by atoms with Gasteiger partial charge in [0.05, 0.1) is 12.1 Å². The molecule has 0 amide bonds. The fourth-order valence-corrected chi connectivity index (χ4v) is 2.23. The summed E-state index contributed by atoms with van der Waals surface area (Å²) in [5.74, 6) is 0.591. The Kier molecular flexibility index (Phi) is 4.53. The summed E-state index contributed by atoms with van der Waals surface area (Å²) in [6.45, 7) is 4.30. The van der Waals surface area contributed by atoms with E-state index in [1.807, 2.05) is 11.6 Å². The minimum Gasteiger partial charge on any atom is -0.481 e. The van der Waals surface area contributed by atoms with E-state index in [0.717, 1.165) is 22.5 Å². The first-order valence-corrected chi connectivity index (χ1v) is 6.12. The molecule has 1 aromatic heterocycles. The van der Waals surface area contributed by atoms with Gasteiger partial charge >= 0.3 is 5.97 Å². The van der Waals surface area contributed by atoms with Crippen LogP contribution in [-0.4, -0.2) is 20.6 Å². The van der Waals surface area contributed by atoms with Gasteiger partial charge in [-0.2, -0.15) is 0 Å². The maximum atomic E-state index is 10.5. The van der Waals surface area contributed by atoms with Crippen LogP contribution in [0.1, 0.15) is 31.8 Å². The highest BCUT2D eigenvalue weighted by Crippen LogP contribution is 2.20. The van der Waals surface area contributed by atoms with E-state index < -0.39 is 5.97 Å². The van der Waals surface area contributed by atoms with Crippen molar-refractivity contribution < 1.29 is 9.90 Å². The minimum atomic E-state index is -0.787. The number of hydrogen-bond donors (Lipinski definition) is 1. The average Bonchev–Trinajstić information content (AvgIpc) is 2.42. The van der Waals surface area contributed by atoms with Crippen molar-refractivity contribution in [2.75, 3.05) is 0 Å². The molecule has 1 heterocycles. The van der Waals surface area contributed by atoms with Crippen molar-refractivity contribution in [2.24, 2.45) is 13.0 Å². The minimum absolute atomic E-state index is 0.123. The maximum absolute atomic E-state index is 10.5. The Morgan fingerprint density at radius 2 is 2.19 bits per heavy atom. The molecule has 0 unspecified atom stereocenters. The SMILES string of the molecule is CC(C)Cc1c(Br)nc(CCC(=O)O)n1C. The van der Waals surface area contributed by atoms with Gasteiger partial charge in [0.2, 0.25) is 0 Å². The van der Waals surface area contributed by atoms with Crippen molar-refractivity contribution in [3.8, 4) is 0 Å². The Hall–Kier alpha value is -0.840. The molecule has 1 N–H and O–H groups in total. The zero-order valence-corrected chi connectivity index (χ0v) is 11.4. The van der Waals surface area contributed by atoms with E-state index in [1.54, 1.807) is 0 Å². The average molecular weight is 289 g/mol. The van der Waals surface area contributed by atoms with Gasteiger partial charge in [-0.15, -0.1) is 0 Å². The van der Waals surface area contributed by atoms with E-state index in [-0.39, 0.29) is 6.42 Å². The highest BCUT2D eigenvalue weighted by atomic mass is 79.9. The molecular formula is C11H17BrN2O2. The molecule has 0 saturated heterocycles. The number of carboxylic acids is 1. The number of halogens is 1. The van der Waals surface area contributed by atoms with Gasteiger partial charge in [0.15, 0.2) is 0 Å². The quantitative estimate of drug-likeness (QED) is 0.905. The third-order valence-electron chi connectivity index (χ3n) is 2.42. The molecule has 0 atom stereocenters. The molecule has 0 fully saturated rings. The van der Waals surface area contributed by atoms with E-state index in [1.165, 1.54) is 0 Å². The molecule has 0 radical (unpaired) electrons. The normalized spacial score (nSPS) is 11.1. The lowest BCUT2D eigenvalue weighted by atomic mass is 10.1. The summed E-state index contributed by atoms with van der Waals surface area (Å²) in [4.78, 5) is 14.9. The summed E-state index contributed by atoms with van der Waals surface area (Å²) in [6, 6.07) is 0. The van der Waals surface area contributed by atoms with Crippen molar-refractivity contribution in [3.63, 3.8) is 0 Å². The van der Waals surface area contributed by atoms with Gasteiger partial charge in [-0.05, 0) is 28.3 Å². The van der Waals surface area contributed by atoms with Gasteiger partial charge in [-0.25, -0.2) is 4.98 Å². The summed E-state index contributed by atoms with van der Waals surface area (Å²) in [5.41, 5.74) is 1.13. The molecule has 0 aliphatic rings. The van der Waals surface area contributed by atoms with Gasteiger partial charge in [-0.1, -0.05) is 13.8 Å². The highest BCUT2D eigenvalue weighted by molar-refractivity contribution is 9.10. The number of aromatic nitrogens is 2. The molecule has 0 saturated carbocycles. The van der Waals surface area contributed by atoms with Crippen LogP contribution in [0.5, 0.6) is 0 Å². The van der Waals surface area contributed by atoms with E-state index in [9.17, 15) is 4.79 Å². The second-order valence-electron chi connectivity index (χ2n) is 4.32. The monoisotopic (exact) mass is 288 g/mol. The number of hydrogen-bond acceptors (Lipinski definition) is 2. The summed E-state index contributed by atoms with van der Waals surface area (Å²) in [5, 5.41) is 8.64.